The molecular weight excluding hydrogens is 395 g/mol. The van der Waals surface area contributed by atoms with Gasteiger partial charge in [0.05, 0.1) is 10.6 Å². The van der Waals surface area contributed by atoms with Gasteiger partial charge in [0.2, 0.25) is 5.91 Å². The van der Waals surface area contributed by atoms with Crippen molar-refractivity contribution in [1.82, 2.24) is 19.7 Å². The first-order chi connectivity index (χ1) is 13.7. The maximum Gasteiger partial charge on any atom is 0.233 e. The Hall–Kier alpha value is -2.19. The summed E-state index contributed by atoms with van der Waals surface area (Å²) >= 11 is 3.01. The molecule has 4 rings (SSSR count). The summed E-state index contributed by atoms with van der Waals surface area (Å²) in [6, 6.07) is 10.9. The minimum Gasteiger partial charge on any atom is -0.335 e. The monoisotopic (exact) mass is 416 g/mol. The number of carbonyl (C=O) groups is 1. The fraction of sp³-hybridized carbons (Fsp3) is 0.350. The molecule has 0 saturated heterocycles. The normalized spacial score (nSPS) is 13.6. The number of halogens is 1. The van der Waals surface area contributed by atoms with Crippen LogP contribution in [0.15, 0.2) is 46.9 Å². The molecule has 5 nitrogen and oxygen atoms in total. The molecule has 0 unspecified atom stereocenters. The number of nitrogens with zero attached hydrogens (tertiary/aromatic N) is 4. The van der Waals surface area contributed by atoms with E-state index < -0.39 is 0 Å². The van der Waals surface area contributed by atoms with Gasteiger partial charge in [0, 0.05) is 24.7 Å². The van der Waals surface area contributed by atoms with Crippen LogP contribution in [0.25, 0.3) is 10.7 Å². The molecule has 1 aliphatic carbocycles. The second-order valence-electron chi connectivity index (χ2n) is 6.66. The first kappa shape index (κ1) is 19.1. The van der Waals surface area contributed by atoms with E-state index >= 15 is 0 Å². The van der Waals surface area contributed by atoms with Crippen molar-refractivity contribution in [2.45, 2.75) is 44.1 Å². The molecule has 0 N–H and O–H groups in total. The molecule has 0 bridgehead atoms. The number of hydrogen-bond acceptors (Lipinski definition) is 5. The van der Waals surface area contributed by atoms with E-state index in [1.165, 1.54) is 17.8 Å². The Bertz CT molecular complexity index is 953. The number of carbonyl (C=O) groups excluding carboxylic acids is 1. The average Bonchev–Trinajstić information content (AvgIpc) is 3.23. The topological polar surface area (TPSA) is 51.0 Å². The molecule has 1 saturated carbocycles. The zero-order chi connectivity index (χ0) is 19.5. The number of benzene rings is 1. The quantitative estimate of drug-likeness (QED) is 0.509. The smallest absolute Gasteiger partial charge is 0.233 e. The molecule has 1 amide bonds. The van der Waals surface area contributed by atoms with Crippen molar-refractivity contribution in [2.75, 3.05) is 5.75 Å². The summed E-state index contributed by atoms with van der Waals surface area (Å²) in [4.78, 5) is 15.7. The first-order valence-corrected chi connectivity index (χ1v) is 11.2. The van der Waals surface area contributed by atoms with Crippen LogP contribution in [-0.2, 0) is 17.9 Å². The lowest BCUT2D eigenvalue weighted by molar-refractivity contribution is -0.129. The molecule has 2 aromatic heterocycles. The number of thioether (sulfide) groups is 1. The Labute approximate surface area is 171 Å². The summed E-state index contributed by atoms with van der Waals surface area (Å²) in [7, 11) is 0. The largest absolute Gasteiger partial charge is 0.335 e. The standard InChI is InChI=1S/C20H21FN4OS2/c1-2-24-19(17-8-5-11-27-17)22-23-20(24)28-13-18(26)25(15-9-10-15)12-14-6-3-4-7-16(14)21/h3-8,11,15H,2,9-10,12-13H2,1H3. The highest BCUT2D eigenvalue weighted by atomic mass is 32.2. The lowest BCUT2D eigenvalue weighted by Crippen LogP contribution is -2.34. The Kier molecular flexibility index (Phi) is 5.77. The van der Waals surface area contributed by atoms with E-state index in [9.17, 15) is 9.18 Å². The Morgan fingerprint density at radius 1 is 1.29 bits per heavy atom. The molecule has 1 aromatic carbocycles. The van der Waals surface area contributed by atoms with Gasteiger partial charge in [0.25, 0.3) is 0 Å². The van der Waals surface area contributed by atoms with Crippen LogP contribution in [0.3, 0.4) is 0 Å². The molecule has 0 spiro atoms. The summed E-state index contributed by atoms with van der Waals surface area (Å²) in [5.41, 5.74) is 0.560. The lowest BCUT2D eigenvalue weighted by Gasteiger charge is -2.22. The molecule has 0 radical (unpaired) electrons. The number of rotatable bonds is 8. The second-order valence-corrected chi connectivity index (χ2v) is 8.55. The van der Waals surface area contributed by atoms with Gasteiger partial charge in [-0.3, -0.25) is 4.79 Å². The van der Waals surface area contributed by atoms with Gasteiger partial charge < -0.3 is 9.47 Å². The van der Waals surface area contributed by atoms with Crippen LogP contribution < -0.4 is 0 Å². The predicted molar refractivity (Wildman–Crippen MR) is 110 cm³/mol. The molecule has 0 aliphatic heterocycles. The zero-order valence-electron chi connectivity index (χ0n) is 15.5. The van der Waals surface area contributed by atoms with Gasteiger partial charge in [-0.15, -0.1) is 21.5 Å². The predicted octanol–water partition coefficient (Wildman–Crippen LogP) is 4.45. The molecule has 0 atom stereocenters. The number of amides is 1. The Balaban J connectivity index is 1.45. The highest BCUT2D eigenvalue weighted by Crippen LogP contribution is 2.31. The van der Waals surface area contributed by atoms with Crippen molar-refractivity contribution in [3.63, 3.8) is 0 Å². The van der Waals surface area contributed by atoms with E-state index in [1.807, 2.05) is 29.0 Å². The molecule has 1 fully saturated rings. The fourth-order valence-electron chi connectivity index (χ4n) is 3.10. The second kappa shape index (κ2) is 8.45. The molecule has 28 heavy (non-hydrogen) atoms. The van der Waals surface area contributed by atoms with E-state index in [2.05, 4.69) is 10.2 Å². The maximum absolute atomic E-state index is 14.0. The average molecular weight is 417 g/mol. The van der Waals surface area contributed by atoms with Crippen molar-refractivity contribution in [2.24, 2.45) is 0 Å². The van der Waals surface area contributed by atoms with Crippen LogP contribution in [0.4, 0.5) is 4.39 Å². The van der Waals surface area contributed by atoms with Crippen LogP contribution in [0.2, 0.25) is 0 Å². The van der Waals surface area contributed by atoms with Gasteiger partial charge in [0.15, 0.2) is 11.0 Å². The minimum atomic E-state index is -0.264. The van der Waals surface area contributed by atoms with Gasteiger partial charge in [-0.25, -0.2) is 4.39 Å². The molecule has 8 heteroatoms. The van der Waals surface area contributed by atoms with Crippen LogP contribution in [0, 0.1) is 5.82 Å². The van der Waals surface area contributed by atoms with Crippen LogP contribution in [0.5, 0.6) is 0 Å². The minimum absolute atomic E-state index is 0.0130. The Morgan fingerprint density at radius 3 is 2.79 bits per heavy atom. The van der Waals surface area contributed by atoms with Crippen molar-refractivity contribution < 1.29 is 9.18 Å². The summed E-state index contributed by atoms with van der Waals surface area (Å²) in [6.07, 6.45) is 1.97. The van der Waals surface area contributed by atoms with Gasteiger partial charge in [-0.2, -0.15) is 0 Å². The van der Waals surface area contributed by atoms with Gasteiger partial charge in [-0.05, 0) is 37.3 Å². The van der Waals surface area contributed by atoms with Gasteiger partial charge in [-0.1, -0.05) is 36.0 Å². The van der Waals surface area contributed by atoms with Crippen molar-refractivity contribution in [3.8, 4) is 10.7 Å². The highest BCUT2D eigenvalue weighted by Gasteiger charge is 2.33. The summed E-state index contributed by atoms with van der Waals surface area (Å²) < 4.78 is 16.1. The third kappa shape index (κ3) is 4.12. The van der Waals surface area contributed by atoms with Crippen molar-refractivity contribution in [1.29, 1.82) is 0 Å². The number of aromatic nitrogens is 3. The molecule has 1 aliphatic rings. The van der Waals surface area contributed by atoms with E-state index in [0.717, 1.165) is 35.2 Å². The van der Waals surface area contributed by atoms with Crippen molar-refractivity contribution >= 4 is 29.0 Å². The molecule has 146 valence electrons. The summed E-state index contributed by atoms with van der Waals surface area (Å²) in [5.74, 6) is 0.852. The fourth-order valence-corrected chi connectivity index (χ4v) is 4.70. The molecule has 2 heterocycles. The van der Waals surface area contributed by atoms with Gasteiger partial charge in [0.1, 0.15) is 5.82 Å². The number of hydrogen-bond donors (Lipinski definition) is 0. The number of thiophene rings is 1. The van der Waals surface area contributed by atoms with Gasteiger partial charge >= 0.3 is 0 Å². The van der Waals surface area contributed by atoms with E-state index in [0.29, 0.717) is 12.1 Å². The highest BCUT2D eigenvalue weighted by molar-refractivity contribution is 7.99. The SMILES string of the molecule is CCn1c(SCC(=O)N(Cc2ccccc2F)C2CC2)nnc1-c1cccs1. The van der Waals surface area contributed by atoms with E-state index in [4.69, 9.17) is 0 Å². The van der Waals surface area contributed by atoms with Crippen LogP contribution in [0.1, 0.15) is 25.3 Å². The summed E-state index contributed by atoms with van der Waals surface area (Å²) in [5, 5.41) is 11.3. The first-order valence-electron chi connectivity index (χ1n) is 9.30. The van der Waals surface area contributed by atoms with Crippen LogP contribution in [-0.4, -0.2) is 37.4 Å². The van der Waals surface area contributed by atoms with E-state index in [1.54, 1.807) is 34.4 Å². The maximum atomic E-state index is 14.0. The van der Waals surface area contributed by atoms with Crippen LogP contribution >= 0.6 is 23.1 Å². The van der Waals surface area contributed by atoms with E-state index in [-0.39, 0.29) is 23.5 Å². The Morgan fingerprint density at radius 2 is 2.11 bits per heavy atom. The third-order valence-corrected chi connectivity index (χ3v) is 6.52. The third-order valence-electron chi connectivity index (χ3n) is 4.71. The molecule has 3 aromatic rings. The lowest BCUT2D eigenvalue weighted by atomic mass is 10.2. The van der Waals surface area contributed by atoms with Crippen molar-refractivity contribution in [3.05, 3.63) is 53.2 Å². The zero-order valence-corrected chi connectivity index (χ0v) is 17.2. The molecular formula is C20H21FN4OS2. The summed E-state index contributed by atoms with van der Waals surface area (Å²) in [6.45, 7) is 3.09.